The van der Waals surface area contributed by atoms with Gasteiger partial charge in [0.05, 0.1) is 5.69 Å². The number of rotatable bonds is 8. The first kappa shape index (κ1) is 32.0. The van der Waals surface area contributed by atoms with E-state index in [4.69, 9.17) is 0 Å². The van der Waals surface area contributed by atoms with Gasteiger partial charge in [-0.1, -0.05) is 188 Å². The molecule has 1 heteroatoms. The molecule has 0 heterocycles. The first-order valence-electron chi connectivity index (χ1n) is 18.2. The summed E-state index contributed by atoms with van der Waals surface area (Å²) in [7, 11) is 0. The van der Waals surface area contributed by atoms with Crippen molar-refractivity contribution in [3.63, 3.8) is 0 Å². The van der Waals surface area contributed by atoms with Gasteiger partial charge in [0.1, 0.15) is 0 Å². The molecule has 0 aliphatic rings. The van der Waals surface area contributed by atoms with Crippen LogP contribution in [-0.2, 0) is 0 Å². The highest BCUT2D eigenvalue weighted by atomic mass is 15.1. The topological polar surface area (TPSA) is 3.24 Å². The fraction of sp³-hybridized carbons (Fsp3) is 0. The lowest BCUT2D eigenvalue weighted by Crippen LogP contribution is -2.10. The summed E-state index contributed by atoms with van der Waals surface area (Å²) in [5.74, 6) is 0. The van der Waals surface area contributed by atoms with E-state index in [1.165, 1.54) is 66.4 Å². The zero-order chi connectivity index (χ0) is 35.4. The van der Waals surface area contributed by atoms with Gasteiger partial charge in [0, 0.05) is 16.8 Å². The fourth-order valence-corrected chi connectivity index (χ4v) is 7.37. The minimum Gasteiger partial charge on any atom is -0.310 e. The van der Waals surface area contributed by atoms with Crippen molar-refractivity contribution >= 4 is 27.8 Å². The molecule has 250 valence electrons. The maximum atomic E-state index is 2.38. The van der Waals surface area contributed by atoms with Crippen molar-refractivity contribution in [2.45, 2.75) is 0 Å². The zero-order valence-electron chi connectivity index (χ0n) is 29.3. The third-order valence-electron chi connectivity index (χ3n) is 10.1. The van der Waals surface area contributed by atoms with E-state index < -0.39 is 0 Å². The van der Waals surface area contributed by atoms with Gasteiger partial charge in [0.25, 0.3) is 0 Å². The summed E-state index contributed by atoms with van der Waals surface area (Å²) >= 11 is 0. The minimum absolute atomic E-state index is 1.11. The normalized spacial score (nSPS) is 11.0. The molecule has 0 bridgehead atoms. The molecule has 9 aromatic rings. The minimum atomic E-state index is 1.11. The average Bonchev–Trinajstić information content (AvgIpc) is 3.25. The molecule has 0 saturated heterocycles. The molecule has 0 radical (unpaired) electrons. The molecule has 0 aliphatic heterocycles. The molecule has 0 amide bonds. The van der Waals surface area contributed by atoms with E-state index >= 15 is 0 Å². The van der Waals surface area contributed by atoms with Crippen LogP contribution in [0.5, 0.6) is 0 Å². The van der Waals surface area contributed by atoms with E-state index in [9.17, 15) is 0 Å². The Morgan fingerprint density at radius 2 is 0.642 bits per heavy atom. The van der Waals surface area contributed by atoms with E-state index in [2.05, 4.69) is 229 Å². The summed E-state index contributed by atoms with van der Waals surface area (Å²) in [6.07, 6.45) is 0. The lowest BCUT2D eigenvalue weighted by Gasteiger charge is -2.27. The van der Waals surface area contributed by atoms with Gasteiger partial charge in [-0.15, -0.1) is 0 Å². The van der Waals surface area contributed by atoms with Crippen molar-refractivity contribution in [1.29, 1.82) is 0 Å². The predicted octanol–water partition coefficient (Wildman–Crippen LogP) is 14.6. The van der Waals surface area contributed by atoms with Crippen LogP contribution in [0.15, 0.2) is 224 Å². The summed E-state index contributed by atoms with van der Waals surface area (Å²) in [6, 6.07) is 80.7. The predicted molar refractivity (Wildman–Crippen MR) is 226 cm³/mol. The summed E-state index contributed by atoms with van der Waals surface area (Å²) in [5, 5.41) is 2.43. The molecule has 0 aromatic heterocycles. The molecule has 9 aromatic carbocycles. The van der Waals surface area contributed by atoms with Crippen LogP contribution in [0.4, 0.5) is 17.1 Å². The molecule has 0 atom stereocenters. The lowest BCUT2D eigenvalue weighted by molar-refractivity contribution is 1.30. The van der Waals surface area contributed by atoms with Crippen molar-refractivity contribution in [3.05, 3.63) is 224 Å². The summed E-state index contributed by atoms with van der Waals surface area (Å²) in [4.78, 5) is 2.38. The van der Waals surface area contributed by atoms with Gasteiger partial charge in [-0.05, 0) is 97.4 Å². The molecular formula is C52H37N. The van der Waals surface area contributed by atoms with Crippen molar-refractivity contribution in [2.75, 3.05) is 4.90 Å². The molecule has 0 aliphatic carbocycles. The highest BCUT2D eigenvalue weighted by molar-refractivity contribution is 5.99. The van der Waals surface area contributed by atoms with E-state index in [0.29, 0.717) is 0 Å². The van der Waals surface area contributed by atoms with Crippen LogP contribution in [-0.4, -0.2) is 0 Å². The fourth-order valence-electron chi connectivity index (χ4n) is 7.37. The Morgan fingerprint density at radius 3 is 1.21 bits per heavy atom. The third-order valence-corrected chi connectivity index (χ3v) is 10.1. The van der Waals surface area contributed by atoms with Crippen LogP contribution in [0.25, 0.3) is 66.4 Å². The number of anilines is 3. The Balaban J connectivity index is 1.09. The maximum Gasteiger partial charge on any atom is 0.0540 e. The molecule has 53 heavy (non-hydrogen) atoms. The number of hydrogen-bond acceptors (Lipinski definition) is 1. The molecule has 0 N–H and O–H groups in total. The SMILES string of the molecule is c1ccc(-c2ccc(-c3ccc(N(c4ccc(-c5ccc(-c6ccccc6)c(-c6ccccc6)c5)cc4)c4cccc5ccccc45)cc3)cc2)cc1. The Labute approximate surface area is 311 Å². The number of fused-ring (bicyclic) bond motifs is 1. The van der Waals surface area contributed by atoms with Gasteiger partial charge in [-0.3, -0.25) is 0 Å². The van der Waals surface area contributed by atoms with E-state index in [1.54, 1.807) is 0 Å². The van der Waals surface area contributed by atoms with Gasteiger partial charge in [-0.25, -0.2) is 0 Å². The number of benzene rings is 9. The van der Waals surface area contributed by atoms with Crippen molar-refractivity contribution < 1.29 is 0 Å². The Kier molecular flexibility index (Phi) is 8.66. The lowest BCUT2D eigenvalue weighted by atomic mass is 9.91. The Hall–Kier alpha value is -6.96. The highest BCUT2D eigenvalue weighted by Gasteiger charge is 2.17. The molecule has 0 saturated carbocycles. The monoisotopic (exact) mass is 675 g/mol. The van der Waals surface area contributed by atoms with Gasteiger partial charge < -0.3 is 4.90 Å². The van der Waals surface area contributed by atoms with Gasteiger partial charge in [0.2, 0.25) is 0 Å². The van der Waals surface area contributed by atoms with Gasteiger partial charge in [0.15, 0.2) is 0 Å². The van der Waals surface area contributed by atoms with Gasteiger partial charge in [-0.2, -0.15) is 0 Å². The number of hydrogen-bond donors (Lipinski definition) is 0. The molecule has 0 spiro atoms. The van der Waals surface area contributed by atoms with E-state index in [1.807, 2.05) is 0 Å². The first-order valence-corrected chi connectivity index (χ1v) is 18.2. The highest BCUT2D eigenvalue weighted by Crippen LogP contribution is 2.41. The van der Waals surface area contributed by atoms with Crippen molar-refractivity contribution in [1.82, 2.24) is 0 Å². The molecule has 1 nitrogen and oxygen atoms in total. The van der Waals surface area contributed by atoms with Crippen LogP contribution < -0.4 is 4.90 Å². The average molecular weight is 676 g/mol. The summed E-state index contributed by atoms with van der Waals surface area (Å²) in [6.45, 7) is 0. The van der Waals surface area contributed by atoms with Crippen LogP contribution in [0.1, 0.15) is 0 Å². The van der Waals surface area contributed by atoms with Crippen LogP contribution in [0.2, 0.25) is 0 Å². The van der Waals surface area contributed by atoms with E-state index in [0.717, 1.165) is 17.1 Å². The standard InChI is InChI=1S/C52H37N/c1-4-13-38(14-5-1)39-23-25-40(26-24-39)41-27-32-47(33-28-41)53(52-22-12-20-44-19-10-11-21-50(44)52)48-34-29-42(30-35-48)46-31-36-49(43-15-6-2-7-16-43)51(37-46)45-17-8-3-9-18-45/h1-37H. The second kappa shape index (κ2) is 14.3. The largest absolute Gasteiger partial charge is 0.310 e. The maximum absolute atomic E-state index is 2.38. The van der Waals surface area contributed by atoms with Crippen LogP contribution in [0.3, 0.4) is 0 Å². The molecule has 0 unspecified atom stereocenters. The van der Waals surface area contributed by atoms with Crippen molar-refractivity contribution in [3.8, 4) is 55.6 Å². The quantitative estimate of drug-likeness (QED) is 0.155. The summed E-state index contributed by atoms with van der Waals surface area (Å²) < 4.78 is 0. The molecular weight excluding hydrogens is 639 g/mol. The Morgan fingerprint density at radius 1 is 0.245 bits per heavy atom. The van der Waals surface area contributed by atoms with E-state index in [-0.39, 0.29) is 0 Å². The smallest absolute Gasteiger partial charge is 0.0540 e. The second-order valence-electron chi connectivity index (χ2n) is 13.4. The van der Waals surface area contributed by atoms with Crippen LogP contribution in [0, 0.1) is 0 Å². The second-order valence-corrected chi connectivity index (χ2v) is 13.4. The Bertz CT molecular complexity index is 2600. The zero-order valence-corrected chi connectivity index (χ0v) is 29.3. The first-order chi connectivity index (χ1) is 26.3. The summed E-state index contributed by atoms with van der Waals surface area (Å²) in [5.41, 5.74) is 15.5. The molecule has 0 fully saturated rings. The van der Waals surface area contributed by atoms with Crippen molar-refractivity contribution in [2.24, 2.45) is 0 Å². The molecule has 9 rings (SSSR count). The van der Waals surface area contributed by atoms with Crippen LogP contribution >= 0.6 is 0 Å². The third kappa shape index (κ3) is 6.53. The van der Waals surface area contributed by atoms with Gasteiger partial charge >= 0.3 is 0 Å². The number of nitrogens with zero attached hydrogens (tertiary/aromatic N) is 1.